The molecule has 0 spiro atoms. The summed E-state index contributed by atoms with van der Waals surface area (Å²) in [4.78, 5) is 26.8. The Morgan fingerprint density at radius 2 is 1.68 bits per heavy atom. The Labute approximate surface area is 147 Å². The van der Waals surface area contributed by atoms with Gasteiger partial charge in [0.1, 0.15) is 5.75 Å². The van der Waals surface area contributed by atoms with Gasteiger partial charge in [-0.05, 0) is 24.3 Å². The standard InChI is InChI=1S/C19H21N3O3/c23-15-22-12-10-21(11-13-22)14-19(24)20-17-8-4-5-9-18(17)25-16-6-2-1-3-7-16/h1-9,15H,10-14H2,(H,20,24). The Kier molecular flexibility index (Phi) is 5.64. The second-order valence-corrected chi connectivity index (χ2v) is 5.88. The molecule has 1 N–H and O–H groups in total. The van der Waals surface area contributed by atoms with Gasteiger partial charge in [-0.1, -0.05) is 30.3 Å². The number of amides is 2. The molecule has 2 aromatic carbocycles. The highest BCUT2D eigenvalue weighted by Gasteiger charge is 2.18. The summed E-state index contributed by atoms with van der Waals surface area (Å²) in [5, 5.41) is 2.91. The number of para-hydroxylation sites is 3. The fourth-order valence-corrected chi connectivity index (χ4v) is 2.69. The van der Waals surface area contributed by atoms with E-state index < -0.39 is 0 Å². The smallest absolute Gasteiger partial charge is 0.238 e. The van der Waals surface area contributed by atoms with Crippen LogP contribution >= 0.6 is 0 Å². The first-order valence-electron chi connectivity index (χ1n) is 8.28. The molecule has 0 aliphatic carbocycles. The number of ether oxygens (including phenoxy) is 1. The lowest BCUT2D eigenvalue weighted by atomic mass is 10.2. The molecule has 1 saturated heterocycles. The van der Waals surface area contributed by atoms with E-state index in [1.54, 1.807) is 4.90 Å². The lowest BCUT2D eigenvalue weighted by Gasteiger charge is -2.31. The van der Waals surface area contributed by atoms with Crippen molar-refractivity contribution in [3.63, 3.8) is 0 Å². The van der Waals surface area contributed by atoms with Crippen molar-refractivity contribution in [1.82, 2.24) is 9.80 Å². The zero-order chi connectivity index (χ0) is 17.5. The van der Waals surface area contributed by atoms with Crippen LogP contribution in [-0.4, -0.2) is 54.8 Å². The summed E-state index contributed by atoms with van der Waals surface area (Å²) in [5.74, 6) is 1.23. The van der Waals surface area contributed by atoms with E-state index in [0.29, 0.717) is 49.9 Å². The first-order chi connectivity index (χ1) is 12.2. The third-order valence-corrected chi connectivity index (χ3v) is 4.06. The molecule has 3 rings (SSSR count). The predicted octanol–water partition coefficient (Wildman–Crippen LogP) is 2.19. The van der Waals surface area contributed by atoms with Gasteiger partial charge in [0.05, 0.1) is 12.2 Å². The molecule has 0 atom stereocenters. The molecular weight excluding hydrogens is 318 g/mol. The summed E-state index contributed by atoms with van der Waals surface area (Å²) in [5.41, 5.74) is 0.642. The third kappa shape index (κ3) is 4.81. The molecule has 1 heterocycles. The van der Waals surface area contributed by atoms with Gasteiger partial charge in [-0.25, -0.2) is 0 Å². The first-order valence-corrected chi connectivity index (χ1v) is 8.28. The quantitative estimate of drug-likeness (QED) is 0.820. The van der Waals surface area contributed by atoms with Crippen molar-refractivity contribution in [1.29, 1.82) is 0 Å². The van der Waals surface area contributed by atoms with E-state index >= 15 is 0 Å². The van der Waals surface area contributed by atoms with E-state index in [0.717, 1.165) is 6.41 Å². The maximum Gasteiger partial charge on any atom is 0.238 e. The SMILES string of the molecule is O=CN1CCN(CC(=O)Nc2ccccc2Oc2ccccc2)CC1. The van der Waals surface area contributed by atoms with Crippen molar-refractivity contribution in [2.24, 2.45) is 0 Å². The van der Waals surface area contributed by atoms with Gasteiger partial charge in [0, 0.05) is 26.2 Å². The van der Waals surface area contributed by atoms with Crippen molar-refractivity contribution in [2.75, 3.05) is 38.0 Å². The zero-order valence-corrected chi connectivity index (χ0v) is 13.9. The number of nitrogens with zero attached hydrogens (tertiary/aromatic N) is 2. The Hall–Kier alpha value is -2.86. The molecule has 0 unspecified atom stereocenters. The van der Waals surface area contributed by atoms with Gasteiger partial charge in [-0.15, -0.1) is 0 Å². The number of nitrogens with one attached hydrogen (secondary N) is 1. The lowest BCUT2D eigenvalue weighted by molar-refractivity contribution is -0.120. The highest BCUT2D eigenvalue weighted by atomic mass is 16.5. The molecule has 2 amide bonds. The molecular formula is C19H21N3O3. The van der Waals surface area contributed by atoms with Crippen LogP contribution in [0.3, 0.4) is 0 Å². The summed E-state index contributed by atoms with van der Waals surface area (Å²) in [6, 6.07) is 16.8. The van der Waals surface area contributed by atoms with Gasteiger partial charge in [0.15, 0.2) is 5.75 Å². The van der Waals surface area contributed by atoms with Crippen LogP contribution in [0.5, 0.6) is 11.5 Å². The number of carbonyl (C=O) groups is 2. The van der Waals surface area contributed by atoms with Crippen LogP contribution in [0.15, 0.2) is 54.6 Å². The monoisotopic (exact) mass is 339 g/mol. The highest BCUT2D eigenvalue weighted by Crippen LogP contribution is 2.29. The van der Waals surface area contributed by atoms with Crippen LogP contribution < -0.4 is 10.1 Å². The van der Waals surface area contributed by atoms with Crippen LogP contribution in [0.4, 0.5) is 5.69 Å². The summed E-state index contributed by atoms with van der Waals surface area (Å²) in [7, 11) is 0. The maximum absolute atomic E-state index is 12.3. The summed E-state index contributed by atoms with van der Waals surface area (Å²) in [6.45, 7) is 3.02. The maximum atomic E-state index is 12.3. The Morgan fingerprint density at radius 3 is 2.40 bits per heavy atom. The van der Waals surface area contributed by atoms with Gasteiger partial charge >= 0.3 is 0 Å². The molecule has 0 bridgehead atoms. The number of hydrogen-bond acceptors (Lipinski definition) is 4. The van der Waals surface area contributed by atoms with Crippen LogP contribution in [-0.2, 0) is 9.59 Å². The van der Waals surface area contributed by atoms with Crippen LogP contribution in [0.2, 0.25) is 0 Å². The average molecular weight is 339 g/mol. The Balaban J connectivity index is 1.59. The molecule has 25 heavy (non-hydrogen) atoms. The molecule has 0 radical (unpaired) electrons. The number of rotatable bonds is 6. The average Bonchev–Trinajstić information content (AvgIpc) is 2.65. The van der Waals surface area contributed by atoms with Gasteiger partial charge < -0.3 is 15.0 Å². The Bertz CT molecular complexity index is 713. The van der Waals surface area contributed by atoms with Crippen molar-refractivity contribution < 1.29 is 14.3 Å². The third-order valence-electron chi connectivity index (χ3n) is 4.06. The minimum Gasteiger partial charge on any atom is -0.455 e. The number of carbonyl (C=O) groups excluding carboxylic acids is 2. The van der Waals surface area contributed by atoms with E-state index in [4.69, 9.17) is 4.74 Å². The topological polar surface area (TPSA) is 61.9 Å². The molecule has 1 aliphatic heterocycles. The van der Waals surface area contributed by atoms with E-state index in [-0.39, 0.29) is 5.91 Å². The minimum absolute atomic E-state index is 0.0938. The molecule has 6 nitrogen and oxygen atoms in total. The molecule has 130 valence electrons. The summed E-state index contributed by atoms with van der Waals surface area (Å²) < 4.78 is 5.86. The molecule has 6 heteroatoms. The largest absolute Gasteiger partial charge is 0.455 e. The van der Waals surface area contributed by atoms with E-state index in [9.17, 15) is 9.59 Å². The second kappa shape index (κ2) is 8.30. The zero-order valence-electron chi connectivity index (χ0n) is 13.9. The van der Waals surface area contributed by atoms with Crippen molar-refractivity contribution in [3.05, 3.63) is 54.6 Å². The van der Waals surface area contributed by atoms with E-state index in [1.807, 2.05) is 59.5 Å². The summed E-state index contributed by atoms with van der Waals surface area (Å²) in [6.07, 6.45) is 0.856. The molecule has 0 saturated carbocycles. The fourth-order valence-electron chi connectivity index (χ4n) is 2.69. The molecule has 1 fully saturated rings. The number of hydrogen-bond donors (Lipinski definition) is 1. The van der Waals surface area contributed by atoms with Crippen molar-refractivity contribution in [2.45, 2.75) is 0 Å². The number of piperazine rings is 1. The van der Waals surface area contributed by atoms with Crippen LogP contribution in [0.25, 0.3) is 0 Å². The molecule has 0 aromatic heterocycles. The van der Waals surface area contributed by atoms with Gasteiger partial charge in [-0.3, -0.25) is 14.5 Å². The minimum atomic E-state index is -0.0938. The molecule has 1 aliphatic rings. The Morgan fingerprint density at radius 1 is 1.00 bits per heavy atom. The van der Waals surface area contributed by atoms with Gasteiger partial charge in [0.2, 0.25) is 12.3 Å². The van der Waals surface area contributed by atoms with Crippen molar-refractivity contribution >= 4 is 18.0 Å². The number of benzene rings is 2. The van der Waals surface area contributed by atoms with Crippen LogP contribution in [0.1, 0.15) is 0 Å². The fraction of sp³-hybridized carbons (Fsp3) is 0.263. The normalized spacial score (nSPS) is 14.8. The number of anilines is 1. The molecule has 2 aromatic rings. The lowest BCUT2D eigenvalue weighted by Crippen LogP contribution is -2.48. The van der Waals surface area contributed by atoms with Crippen molar-refractivity contribution in [3.8, 4) is 11.5 Å². The predicted molar refractivity (Wildman–Crippen MR) is 95.7 cm³/mol. The van der Waals surface area contributed by atoms with Crippen LogP contribution in [0, 0.1) is 0 Å². The van der Waals surface area contributed by atoms with Gasteiger partial charge in [-0.2, -0.15) is 0 Å². The van der Waals surface area contributed by atoms with E-state index in [2.05, 4.69) is 5.32 Å². The van der Waals surface area contributed by atoms with Gasteiger partial charge in [0.25, 0.3) is 0 Å². The second-order valence-electron chi connectivity index (χ2n) is 5.88. The van der Waals surface area contributed by atoms with E-state index in [1.165, 1.54) is 0 Å². The highest BCUT2D eigenvalue weighted by molar-refractivity contribution is 5.93. The summed E-state index contributed by atoms with van der Waals surface area (Å²) >= 11 is 0. The first kappa shape index (κ1) is 17.0.